The van der Waals surface area contributed by atoms with Gasteiger partial charge in [0.2, 0.25) is 0 Å². The summed E-state index contributed by atoms with van der Waals surface area (Å²) in [6.45, 7) is 2.26. The van der Waals surface area contributed by atoms with Crippen molar-refractivity contribution >= 4 is 24.3 Å². The second-order valence-corrected chi connectivity index (χ2v) is 8.47. The van der Waals surface area contributed by atoms with Crippen LogP contribution in [-0.4, -0.2) is 5.11 Å². The highest BCUT2D eigenvalue weighted by atomic mass is 16.3. The van der Waals surface area contributed by atoms with Crippen LogP contribution in [0.15, 0.2) is 72.8 Å². The van der Waals surface area contributed by atoms with Crippen molar-refractivity contribution in [3.05, 3.63) is 101 Å². The number of hydrogen-bond donors (Lipinski definition) is 1. The average Bonchev–Trinajstić information content (AvgIpc) is 2.83. The number of phenols is 1. The molecule has 0 aliphatic carbocycles. The fraction of sp³-hybridized carbons (Fsp3) is 0.290. The summed E-state index contributed by atoms with van der Waals surface area (Å²) in [5.74, 6) is 0.352. The van der Waals surface area contributed by atoms with Crippen LogP contribution in [-0.2, 0) is 6.42 Å². The van der Waals surface area contributed by atoms with Gasteiger partial charge >= 0.3 is 0 Å². The van der Waals surface area contributed by atoms with E-state index in [2.05, 4.69) is 61.6 Å². The molecule has 1 N–H and O–H groups in total. The lowest BCUT2D eigenvalue weighted by Crippen LogP contribution is -1.93. The van der Waals surface area contributed by atoms with Gasteiger partial charge in [-0.15, -0.1) is 0 Å². The first-order chi connectivity index (χ1) is 15.8. The zero-order chi connectivity index (χ0) is 22.4. The van der Waals surface area contributed by atoms with Crippen molar-refractivity contribution in [2.45, 2.75) is 58.3 Å². The fourth-order valence-electron chi connectivity index (χ4n) is 3.99. The fourth-order valence-corrected chi connectivity index (χ4v) is 3.99. The Balaban J connectivity index is 1.76. The standard InChI is InChI=1S/C31H36O/c1-2-3-4-5-6-7-14-19-29-24-28(21-20-26-15-10-8-11-16-26)25-31(32)30(29)23-22-27-17-12-9-13-18-27/h8-13,15-18,20-25,32H,2-7,14,19H2,1H3. The summed E-state index contributed by atoms with van der Waals surface area (Å²) in [6, 6.07) is 24.7. The largest absolute Gasteiger partial charge is 0.507 e. The first-order valence-corrected chi connectivity index (χ1v) is 12.1. The molecule has 0 radical (unpaired) electrons. The van der Waals surface area contributed by atoms with Gasteiger partial charge in [-0.25, -0.2) is 0 Å². The Morgan fingerprint density at radius 2 is 1.12 bits per heavy atom. The van der Waals surface area contributed by atoms with Crippen LogP contribution in [0.25, 0.3) is 24.3 Å². The van der Waals surface area contributed by atoms with E-state index in [9.17, 15) is 5.11 Å². The van der Waals surface area contributed by atoms with Gasteiger partial charge in [0.05, 0.1) is 0 Å². The zero-order valence-electron chi connectivity index (χ0n) is 19.3. The first kappa shape index (κ1) is 23.6. The number of phenolic OH excluding ortho intramolecular Hbond substituents is 1. The van der Waals surface area contributed by atoms with E-state index in [-0.39, 0.29) is 0 Å². The van der Waals surface area contributed by atoms with Gasteiger partial charge < -0.3 is 5.11 Å². The molecule has 166 valence electrons. The van der Waals surface area contributed by atoms with Crippen molar-refractivity contribution in [1.82, 2.24) is 0 Å². The van der Waals surface area contributed by atoms with Crippen LogP contribution >= 0.6 is 0 Å². The molecule has 0 saturated heterocycles. The van der Waals surface area contributed by atoms with Crippen LogP contribution < -0.4 is 0 Å². The maximum absolute atomic E-state index is 10.9. The Morgan fingerprint density at radius 3 is 1.75 bits per heavy atom. The van der Waals surface area contributed by atoms with Gasteiger partial charge in [0.15, 0.2) is 0 Å². The summed E-state index contributed by atoms with van der Waals surface area (Å²) in [7, 11) is 0. The number of rotatable bonds is 12. The van der Waals surface area contributed by atoms with E-state index in [1.54, 1.807) is 0 Å². The van der Waals surface area contributed by atoms with Crippen LogP contribution in [0.5, 0.6) is 5.75 Å². The monoisotopic (exact) mass is 424 g/mol. The topological polar surface area (TPSA) is 20.2 Å². The van der Waals surface area contributed by atoms with Gasteiger partial charge in [0.25, 0.3) is 0 Å². The van der Waals surface area contributed by atoms with E-state index in [0.29, 0.717) is 5.75 Å². The number of hydrogen-bond acceptors (Lipinski definition) is 1. The van der Waals surface area contributed by atoms with Crippen molar-refractivity contribution in [2.75, 3.05) is 0 Å². The van der Waals surface area contributed by atoms with Crippen LogP contribution in [0.1, 0.15) is 79.7 Å². The zero-order valence-corrected chi connectivity index (χ0v) is 19.3. The van der Waals surface area contributed by atoms with E-state index >= 15 is 0 Å². The summed E-state index contributed by atoms with van der Waals surface area (Å²) < 4.78 is 0. The third-order valence-corrected chi connectivity index (χ3v) is 5.83. The Morgan fingerprint density at radius 1 is 0.594 bits per heavy atom. The van der Waals surface area contributed by atoms with E-state index in [1.807, 2.05) is 42.5 Å². The molecule has 0 fully saturated rings. The van der Waals surface area contributed by atoms with Gasteiger partial charge in [-0.3, -0.25) is 0 Å². The Labute approximate surface area is 194 Å². The summed E-state index contributed by atoms with van der Waals surface area (Å²) in [5.41, 5.74) is 5.51. The minimum Gasteiger partial charge on any atom is -0.507 e. The number of unbranched alkanes of at least 4 members (excludes halogenated alkanes) is 6. The molecule has 32 heavy (non-hydrogen) atoms. The Kier molecular flexibility index (Phi) is 9.86. The molecule has 0 aliphatic rings. The van der Waals surface area contributed by atoms with Crippen LogP contribution in [0.2, 0.25) is 0 Å². The molecule has 1 nitrogen and oxygen atoms in total. The lowest BCUT2D eigenvalue weighted by molar-refractivity contribution is 0.473. The lowest BCUT2D eigenvalue weighted by atomic mass is 9.96. The third-order valence-electron chi connectivity index (χ3n) is 5.83. The minimum atomic E-state index is 0.352. The first-order valence-electron chi connectivity index (χ1n) is 12.1. The van der Waals surface area contributed by atoms with Crippen molar-refractivity contribution < 1.29 is 5.11 Å². The summed E-state index contributed by atoms with van der Waals surface area (Å²) >= 11 is 0. The molecule has 3 aromatic rings. The van der Waals surface area contributed by atoms with Gasteiger partial charge in [0, 0.05) is 5.56 Å². The molecule has 0 aromatic heterocycles. The van der Waals surface area contributed by atoms with E-state index < -0.39 is 0 Å². The molecule has 3 aromatic carbocycles. The lowest BCUT2D eigenvalue weighted by Gasteiger charge is -2.11. The van der Waals surface area contributed by atoms with Gasteiger partial charge in [0.1, 0.15) is 5.75 Å². The molecule has 0 saturated carbocycles. The highest BCUT2D eigenvalue weighted by Crippen LogP contribution is 2.29. The third kappa shape index (κ3) is 7.89. The predicted octanol–water partition coefficient (Wildman–Crippen LogP) is 9.03. The smallest absolute Gasteiger partial charge is 0.123 e. The molecule has 1 heteroatoms. The normalized spacial score (nSPS) is 11.5. The predicted molar refractivity (Wildman–Crippen MR) is 141 cm³/mol. The maximum Gasteiger partial charge on any atom is 0.123 e. The molecule has 0 amide bonds. The van der Waals surface area contributed by atoms with Gasteiger partial charge in [-0.05, 0) is 41.2 Å². The number of aromatic hydroxyl groups is 1. The van der Waals surface area contributed by atoms with Crippen molar-refractivity contribution in [3.8, 4) is 5.75 Å². The number of aryl methyl sites for hydroxylation is 1. The number of benzene rings is 3. The second-order valence-electron chi connectivity index (χ2n) is 8.47. The Bertz CT molecular complexity index is 984. The molecule has 3 rings (SSSR count). The molecule has 0 atom stereocenters. The van der Waals surface area contributed by atoms with Crippen LogP contribution in [0.4, 0.5) is 0 Å². The summed E-state index contributed by atoms with van der Waals surface area (Å²) in [6.07, 6.45) is 18.4. The molecular formula is C31H36O. The van der Waals surface area contributed by atoms with Crippen molar-refractivity contribution in [2.24, 2.45) is 0 Å². The van der Waals surface area contributed by atoms with Crippen LogP contribution in [0, 0.1) is 0 Å². The molecule has 0 spiro atoms. The maximum atomic E-state index is 10.9. The molecule has 0 unspecified atom stereocenters. The van der Waals surface area contributed by atoms with Crippen LogP contribution in [0.3, 0.4) is 0 Å². The van der Waals surface area contributed by atoms with E-state index in [4.69, 9.17) is 0 Å². The second kappa shape index (κ2) is 13.4. The van der Waals surface area contributed by atoms with E-state index in [0.717, 1.165) is 35.1 Å². The minimum absolute atomic E-state index is 0.352. The van der Waals surface area contributed by atoms with Gasteiger partial charge in [-0.1, -0.05) is 136 Å². The highest BCUT2D eigenvalue weighted by molar-refractivity contribution is 5.77. The Hall–Kier alpha value is -3.06. The molecule has 0 aliphatic heterocycles. The van der Waals surface area contributed by atoms with E-state index in [1.165, 1.54) is 44.1 Å². The summed E-state index contributed by atoms with van der Waals surface area (Å²) in [5, 5.41) is 10.9. The van der Waals surface area contributed by atoms with Crippen molar-refractivity contribution in [1.29, 1.82) is 0 Å². The molecule has 0 bridgehead atoms. The van der Waals surface area contributed by atoms with Gasteiger partial charge in [-0.2, -0.15) is 0 Å². The SMILES string of the molecule is CCCCCCCCCc1cc(C=Cc2ccccc2)cc(O)c1C=Cc1ccccc1. The highest BCUT2D eigenvalue weighted by Gasteiger charge is 2.08. The molecule has 0 heterocycles. The summed E-state index contributed by atoms with van der Waals surface area (Å²) in [4.78, 5) is 0. The average molecular weight is 425 g/mol. The van der Waals surface area contributed by atoms with Crippen molar-refractivity contribution in [3.63, 3.8) is 0 Å². The molecular weight excluding hydrogens is 388 g/mol. The quantitative estimate of drug-likeness (QED) is 0.227.